The Balaban J connectivity index is 1.25. The van der Waals surface area contributed by atoms with E-state index in [2.05, 4.69) is 10.6 Å². The summed E-state index contributed by atoms with van der Waals surface area (Å²) in [4.78, 5) is 38.9. The number of anilines is 2. The average Bonchev–Trinajstić information content (AvgIpc) is 3.29. The summed E-state index contributed by atoms with van der Waals surface area (Å²) in [6, 6.07) is 21.1. The smallest absolute Gasteiger partial charge is 0.262 e. The van der Waals surface area contributed by atoms with Gasteiger partial charge in [0.05, 0.1) is 13.0 Å². The lowest BCUT2D eigenvalue weighted by Crippen LogP contribution is -2.32. The molecule has 1 saturated heterocycles. The standard InChI is InChI=1S/C27H26ClN3O5/c1-35-23-10-6-21(7-11-23)30-25(32)17-36-24-12-8-22(9-13-24)31-16-19(14-26(31)33)27(34)29-15-18-2-4-20(28)5-3-18/h2-13,19H,14-17H2,1H3,(H,29,34)(H,30,32). The molecule has 0 radical (unpaired) electrons. The molecule has 8 nitrogen and oxygen atoms in total. The average molecular weight is 508 g/mol. The van der Waals surface area contributed by atoms with Gasteiger partial charge in [0, 0.05) is 35.9 Å². The molecule has 1 heterocycles. The zero-order valence-electron chi connectivity index (χ0n) is 19.7. The monoisotopic (exact) mass is 507 g/mol. The lowest BCUT2D eigenvalue weighted by molar-refractivity contribution is -0.126. The number of hydrogen-bond donors (Lipinski definition) is 2. The number of amides is 3. The predicted octanol–water partition coefficient (Wildman–Crippen LogP) is 4.04. The minimum Gasteiger partial charge on any atom is -0.497 e. The van der Waals surface area contributed by atoms with Crippen LogP contribution in [-0.4, -0.2) is 38.0 Å². The maximum Gasteiger partial charge on any atom is 0.262 e. The second kappa shape index (κ2) is 11.6. The van der Waals surface area contributed by atoms with Crippen molar-refractivity contribution in [2.45, 2.75) is 13.0 Å². The fourth-order valence-corrected chi connectivity index (χ4v) is 3.94. The first-order valence-corrected chi connectivity index (χ1v) is 11.8. The van der Waals surface area contributed by atoms with E-state index in [1.807, 2.05) is 12.1 Å². The van der Waals surface area contributed by atoms with Gasteiger partial charge in [-0.05, 0) is 66.2 Å². The van der Waals surface area contributed by atoms with Crippen molar-refractivity contribution in [1.82, 2.24) is 5.32 Å². The van der Waals surface area contributed by atoms with Crippen LogP contribution in [0.15, 0.2) is 72.8 Å². The Kier molecular flexibility index (Phi) is 8.07. The van der Waals surface area contributed by atoms with Gasteiger partial charge < -0.3 is 25.0 Å². The van der Waals surface area contributed by atoms with Crippen LogP contribution in [0.4, 0.5) is 11.4 Å². The first-order valence-electron chi connectivity index (χ1n) is 11.4. The normalized spacial score (nSPS) is 14.9. The molecule has 1 atom stereocenters. The summed E-state index contributed by atoms with van der Waals surface area (Å²) >= 11 is 5.89. The van der Waals surface area contributed by atoms with E-state index in [-0.39, 0.29) is 30.7 Å². The highest BCUT2D eigenvalue weighted by atomic mass is 35.5. The Morgan fingerprint density at radius 1 is 0.972 bits per heavy atom. The Bertz CT molecular complexity index is 1210. The molecule has 2 N–H and O–H groups in total. The molecule has 3 amide bonds. The van der Waals surface area contributed by atoms with Crippen LogP contribution in [0.1, 0.15) is 12.0 Å². The number of carbonyl (C=O) groups excluding carboxylic acids is 3. The van der Waals surface area contributed by atoms with Gasteiger partial charge in [0.2, 0.25) is 11.8 Å². The van der Waals surface area contributed by atoms with Crippen molar-refractivity contribution in [3.05, 3.63) is 83.4 Å². The molecule has 4 rings (SSSR count). The summed E-state index contributed by atoms with van der Waals surface area (Å²) in [5.74, 6) is 0.185. The van der Waals surface area contributed by atoms with Gasteiger partial charge in [-0.25, -0.2) is 0 Å². The third-order valence-electron chi connectivity index (χ3n) is 5.77. The van der Waals surface area contributed by atoms with Gasteiger partial charge in [0.15, 0.2) is 6.61 Å². The Morgan fingerprint density at radius 3 is 2.31 bits per heavy atom. The summed E-state index contributed by atoms with van der Waals surface area (Å²) in [7, 11) is 1.58. The van der Waals surface area contributed by atoms with Crippen LogP contribution in [0.5, 0.6) is 11.5 Å². The van der Waals surface area contributed by atoms with Crippen LogP contribution in [0.25, 0.3) is 0 Å². The minimum absolute atomic E-state index is 0.116. The largest absolute Gasteiger partial charge is 0.497 e. The third kappa shape index (κ3) is 6.55. The van der Waals surface area contributed by atoms with Crippen molar-refractivity contribution in [3.8, 4) is 11.5 Å². The van der Waals surface area contributed by atoms with E-state index in [0.717, 1.165) is 5.56 Å². The summed E-state index contributed by atoms with van der Waals surface area (Å²) in [6.07, 6.45) is 0.149. The number of ether oxygens (including phenoxy) is 2. The van der Waals surface area contributed by atoms with Crippen molar-refractivity contribution in [3.63, 3.8) is 0 Å². The molecule has 3 aromatic carbocycles. The highest BCUT2D eigenvalue weighted by Gasteiger charge is 2.35. The lowest BCUT2D eigenvalue weighted by atomic mass is 10.1. The van der Waals surface area contributed by atoms with Crippen LogP contribution < -0.4 is 25.0 Å². The van der Waals surface area contributed by atoms with Crippen molar-refractivity contribution in [1.29, 1.82) is 0 Å². The number of carbonyl (C=O) groups is 3. The Hall–Kier alpha value is -4.04. The topological polar surface area (TPSA) is 97.0 Å². The molecule has 9 heteroatoms. The van der Waals surface area contributed by atoms with E-state index in [4.69, 9.17) is 21.1 Å². The third-order valence-corrected chi connectivity index (χ3v) is 6.02. The quantitative estimate of drug-likeness (QED) is 0.455. The van der Waals surface area contributed by atoms with Gasteiger partial charge in [0.1, 0.15) is 11.5 Å². The van der Waals surface area contributed by atoms with Gasteiger partial charge in [-0.1, -0.05) is 23.7 Å². The van der Waals surface area contributed by atoms with E-state index in [1.54, 1.807) is 72.7 Å². The molecule has 0 aliphatic carbocycles. The molecule has 1 fully saturated rings. The molecule has 0 aromatic heterocycles. The van der Waals surface area contributed by atoms with Crippen LogP contribution in [0.3, 0.4) is 0 Å². The van der Waals surface area contributed by atoms with Crippen molar-refractivity contribution in [2.75, 3.05) is 30.5 Å². The number of nitrogens with one attached hydrogen (secondary N) is 2. The van der Waals surface area contributed by atoms with Gasteiger partial charge >= 0.3 is 0 Å². The molecule has 0 saturated carbocycles. The van der Waals surface area contributed by atoms with Crippen LogP contribution in [0, 0.1) is 5.92 Å². The van der Waals surface area contributed by atoms with E-state index in [0.29, 0.717) is 41.0 Å². The van der Waals surface area contributed by atoms with Crippen molar-refractivity contribution < 1.29 is 23.9 Å². The second-order valence-electron chi connectivity index (χ2n) is 8.31. The molecule has 1 unspecified atom stereocenters. The summed E-state index contributed by atoms with van der Waals surface area (Å²) < 4.78 is 10.7. The van der Waals surface area contributed by atoms with Crippen LogP contribution >= 0.6 is 11.6 Å². The Morgan fingerprint density at radius 2 is 1.64 bits per heavy atom. The van der Waals surface area contributed by atoms with Crippen molar-refractivity contribution >= 4 is 40.7 Å². The van der Waals surface area contributed by atoms with E-state index >= 15 is 0 Å². The van der Waals surface area contributed by atoms with Gasteiger partial charge in [-0.3, -0.25) is 14.4 Å². The zero-order chi connectivity index (χ0) is 25.5. The number of halogens is 1. The number of benzene rings is 3. The molecule has 0 bridgehead atoms. The highest BCUT2D eigenvalue weighted by Crippen LogP contribution is 2.27. The van der Waals surface area contributed by atoms with E-state index in [1.165, 1.54) is 0 Å². The number of hydrogen-bond acceptors (Lipinski definition) is 5. The summed E-state index contributed by atoms with van der Waals surface area (Å²) in [5, 5.41) is 6.27. The maximum atomic E-state index is 12.6. The maximum absolute atomic E-state index is 12.6. The van der Waals surface area contributed by atoms with E-state index < -0.39 is 5.92 Å². The van der Waals surface area contributed by atoms with Gasteiger partial charge in [0.25, 0.3) is 5.91 Å². The summed E-state index contributed by atoms with van der Waals surface area (Å²) in [5.41, 5.74) is 2.24. The number of rotatable bonds is 9. The summed E-state index contributed by atoms with van der Waals surface area (Å²) in [6.45, 7) is 0.512. The molecule has 1 aliphatic heterocycles. The van der Waals surface area contributed by atoms with Crippen molar-refractivity contribution in [2.24, 2.45) is 5.92 Å². The SMILES string of the molecule is COc1ccc(NC(=O)COc2ccc(N3CC(C(=O)NCc4ccc(Cl)cc4)CC3=O)cc2)cc1. The molecular formula is C27H26ClN3O5. The molecule has 3 aromatic rings. The van der Waals surface area contributed by atoms with Crippen LogP contribution in [0.2, 0.25) is 5.02 Å². The highest BCUT2D eigenvalue weighted by molar-refractivity contribution is 6.30. The second-order valence-corrected chi connectivity index (χ2v) is 8.75. The molecule has 36 heavy (non-hydrogen) atoms. The fourth-order valence-electron chi connectivity index (χ4n) is 3.81. The lowest BCUT2D eigenvalue weighted by Gasteiger charge is -2.17. The predicted molar refractivity (Wildman–Crippen MR) is 137 cm³/mol. The van der Waals surface area contributed by atoms with Gasteiger partial charge in [-0.15, -0.1) is 0 Å². The molecule has 1 aliphatic rings. The van der Waals surface area contributed by atoms with Gasteiger partial charge in [-0.2, -0.15) is 0 Å². The fraction of sp³-hybridized carbons (Fsp3) is 0.222. The molecular weight excluding hydrogens is 482 g/mol. The first-order chi connectivity index (χ1) is 17.4. The zero-order valence-corrected chi connectivity index (χ0v) is 20.5. The number of nitrogens with zero attached hydrogens (tertiary/aromatic N) is 1. The molecule has 0 spiro atoms. The van der Waals surface area contributed by atoms with Crippen LogP contribution in [-0.2, 0) is 20.9 Å². The van der Waals surface area contributed by atoms with E-state index in [9.17, 15) is 14.4 Å². The first kappa shape index (κ1) is 25.1. The number of methoxy groups -OCH3 is 1. The minimum atomic E-state index is -0.428. The molecule has 186 valence electrons. The Labute approximate surface area is 214 Å².